The van der Waals surface area contributed by atoms with Crippen molar-refractivity contribution in [3.63, 3.8) is 0 Å². The summed E-state index contributed by atoms with van der Waals surface area (Å²) < 4.78 is 0. The van der Waals surface area contributed by atoms with E-state index in [0.29, 0.717) is 6.04 Å². The third-order valence-corrected chi connectivity index (χ3v) is 5.45. The molecule has 0 aliphatic rings. The average molecular weight is 314 g/mol. The monoisotopic (exact) mass is 314 g/mol. The Hall–Kier alpha value is -1.65. The van der Waals surface area contributed by atoms with Gasteiger partial charge in [-0.25, -0.2) is 4.98 Å². The maximum Gasteiger partial charge on any atom is 0.0901 e. The number of hydrogen-bond donors (Lipinski definition) is 1. The highest BCUT2D eigenvalue weighted by Crippen LogP contribution is 2.28. The molecule has 1 N–H and O–H groups in total. The molecule has 0 aliphatic heterocycles. The minimum atomic E-state index is 0.331. The van der Waals surface area contributed by atoms with Gasteiger partial charge < -0.3 is 5.32 Å². The van der Waals surface area contributed by atoms with E-state index in [9.17, 15) is 0 Å². The standard InChI is InChI=1S/C17H18N2S2/c1-11-8-9-20-17(11)12(2)18-15-6-4-14(5-7-15)16-10-21-13(3)19-16/h4-10,12,18H,1-3H3. The molecular formula is C17H18N2S2. The van der Waals surface area contributed by atoms with Crippen LogP contribution < -0.4 is 5.32 Å². The highest BCUT2D eigenvalue weighted by molar-refractivity contribution is 7.10. The second-order valence-electron chi connectivity index (χ2n) is 5.16. The van der Waals surface area contributed by atoms with Crippen LogP contribution in [0.3, 0.4) is 0 Å². The fourth-order valence-electron chi connectivity index (χ4n) is 2.38. The molecule has 0 fully saturated rings. The second kappa shape index (κ2) is 6.00. The summed E-state index contributed by atoms with van der Waals surface area (Å²) in [4.78, 5) is 5.92. The molecule has 1 aromatic carbocycles. The number of thiazole rings is 1. The summed E-state index contributed by atoms with van der Waals surface area (Å²) in [5.41, 5.74) is 4.73. The molecule has 21 heavy (non-hydrogen) atoms. The van der Waals surface area contributed by atoms with Gasteiger partial charge in [-0.2, -0.15) is 0 Å². The number of hydrogen-bond acceptors (Lipinski definition) is 4. The third kappa shape index (κ3) is 3.17. The van der Waals surface area contributed by atoms with Gasteiger partial charge >= 0.3 is 0 Å². The lowest BCUT2D eigenvalue weighted by atomic mass is 10.1. The molecule has 1 unspecified atom stereocenters. The van der Waals surface area contributed by atoms with Crippen molar-refractivity contribution in [1.82, 2.24) is 4.98 Å². The molecule has 0 bridgehead atoms. The number of benzene rings is 1. The van der Waals surface area contributed by atoms with Crippen molar-refractivity contribution in [2.45, 2.75) is 26.8 Å². The summed E-state index contributed by atoms with van der Waals surface area (Å²) in [6.07, 6.45) is 0. The quantitative estimate of drug-likeness (QED) is 0.672. The van der Waals surface area contributed by atoms with Gasteiger partial charge in [0.25, 0.3) is 0 Å². The first-order chi connectivity index (χ1) is 10.1. The highest BCUT2D eigenvalue weighted by atomic mass is 32.1. The molecule has 2 aromatic heterocycles. The van der Waals surface area contributed by atoms with Crippen LogP contribution in [0.1, 0.15) is 28.4 Å². The summed E-state index contributed by atoms with van der Waals surface area (Å²) in [6, 6.07) is 11.0. The predicted molar refractivity (Wildman–Crippen MR) is 93.4 cm³/mol. The first-order valence-electron chi connectivity index (χ1n) is 6.96. The van der Waals surface area contributed by atoms with Gasteiger partial charge in [0, 0.05) is 21.5 Å². The molecule has 0 saturated carbocycles. The van der Waals surface area contributed by atoms with Gasteiger partial charge in [-0.3, -0.25) is 0 Å². The topological polar surface area (TPSA) is 24.9 Å². The van der Waals surface area contributed by atoms with E-state index in [-0.39, 0.29) is 0 Å². The Balaban J connectivity index is 1.74. The Bertz CT molecular complexity index is 725. The normalized spacial score (nSPS) is 12.3. The molecule has 1 atom stereocenters. The van der Waals surface area contributed by atoms with Crippen LogP contribution in [0, 0.1) is 13.8 Å². The molecule has 4 heteroatoms. The summed E-state index contributed by atoms with van der Waals surface area (Å²) in [5.74, 6) is 0. The maximum atomic E-state index is 4.52. The summed E-state index contributed by atoms with van der Waals surface area (Å²) in [5, 5.41) is 8.92. The SMILES string of the molecule is Cc1nc(-c2ccc(NC(C)c3sccc3C)cc2)cs1. The van der Waals surface area contributed by atoms with Gasteiger partial charge in [0.1, 0.15) is 0 Å². The van der Waals surface area contributed by atoms with E-state index >= 15 is 0 Å². The van der Waals surface area contributed by atoms with E-state index in [1.54, 1.807) is 11.3 Å². The van der Waals surface area contributed by atoms with Crippen LogP contribution in [0.5, 0.6) is 0 Å². The number of aryl methyl sites for hydroxylation is 2. The molecule has 0 amide bonds. The van der Waals surface area contributed by atoms with E-state index in [2.05, 4.69) is 65.2 Å². The molecule has 0 saturated heterocycles. The summed E-state index contributed by atoms with van der Waals surface area (Å²) >= 11 is 3.50. The number of nitrogens with zero attached hydrogens (tertiary/aromatic N) is 1. The van der Waals surface area contributed by atoms with Crippen molar-refractivity contribution in [3.05, 3.63) is 56.5 Å². The van der Waals surface area contributed by atoms with Gasteiger partial charge in [0.2, 0.25) is 0 Å². The molecule has 0 radical (unpaired) electrons. The van der Waals surface area contributed by atoms with Crippen molar-refractivity contribution in [1.29, 1.82) is 0 Å². The number of rotatable bonds is 4. The van der Waals surface area contributed by atoms with E-state index in [1.807, 2.05) is 18.3 Å². The minimum absolute atomic E-state index is 0.331. The molecule has 2 nitrogen and oxygen atoms in total. The predicted octanol–water partition coefficient (Wildman–Crippen LogP) is 5.66. The largest absolute Gasteiger partial charge is 0.378 e. The molecular weight excluding hydrogens is 296 g/mol. The first kappa shape index (κ1) is 14.3. The summed E-state index contributed by atoms with van der Waals surface area (Å²) in [7, 11) is 0. The van der Waals surface area contributed by atoms with Crippen LogP contribution in [0.2, 0.25) is 0 Å². The first-order valence-corrected chi connectivity index (χ1v) is 8.72. The fourth-order valence-corrected chi connectivity index (χ4v) is 3.93. The number of thiophene rings is 1. The van der Waals surface area contributed by atoms with E-state index in [4.69, 9.17) is 0 Å². The second-order valence-corrected chi connectivity index (χ2v) is 7.17. The number of aromatic nitrogens is 1. The summed E-state index contributed by atoms with van der Waals surface area (Å²) in [6.45, 7) is 6.41. The Morgan fingerprint density at radius 2 is 1.81 bits per heavy atom. The Labute approximate surface area is 133 Å². The fraction of sp³-hybridized carbons (Fsp3) is 0.235. The molecule has 2 heterocycles. The Morgan fingerprint density at radius 3 is 2.38 bits per heavy atom. The van der Waals surface area contributed by atoms with Gasteiger partial charge in [-0.1, -0.05) is 12.1 Å². The molecule has 0 aliphatic carbocycles. The van der Waals surface area contributed by atoms with E-state index in [1.165, 1.54) is 16.0 Å². The Kier molecular flexibility index (Phi) is 4.08. The van der Waals surface area contributed by atoms with E-state index < -0.39 is 0 Å². The zero-order valence-corrected chi connectivity index (χ0v) is 14.0. The zero-order valence-electron chi connectivity index (χ0n) is 12.4. The zero-order chi connectivity index (χ0) is 14.8. The van der Waals surface area contributed by atoms with Crippen molar-refractivity contribution < 1.29 is 0 Å². The van der Waals surface area contributed by atoms with Gasteiger partial charge in [-0.15, -0.1) is 22.7 Å². The minimum Gasteiger partial charge on any atom is -0.378 e. The lowest BCUT2D eigenvalue weighted by molar-refractivity contribution is 0.899. The van der Waals surface area contributed by atoms with Crippen LogP contribution in [0.4, 0.5) is 5.69 Å². The molecule has 3 rings (SSSR count). The smallest absolute Gasteiger partial charge is 0.0901 e. The van der Waals surface area contributed by atoms with Crippen LogP contribution in [-0.4, -0.2) is 4.98 Å². The average Bonchev–Trinajstić information content (AvgIpc) is 3.08. The molecule has 0 spiro atoms. The Morgan fingerprint density at radius 1 is 1.05 bits per heavy atom. The van der Waals surface area contributed by atoms with Gasteiger partial charge in [0.05, 0.1) is 16.7 Å². The van der Waals surface area contributed by atoms with Crippen molar-refractivity contribution in [3.8, 4) is 11.3 Å². The molecule has 3 aromatic rings. The van der Waals surface area contributed by atoms with Crippen LogP contribution in [-0.2, 0) is 0 Å². The maximum absolute atomic E-state index is 4.52. The number of nitrogens with one attached hydrogen (secondary N) is 1. The van der Waals surface area contributed by atoms with Gasteiger partial charge in [0.15, 0.2) is 0 Å². The van der Waals surface area contributed by atoms with Gasteiger partial charge in [-0.05, 0) is 49.9 Å². The van der Waals surface area contributed by atoms with Crippen LogP contribution >= 0.6 is 22.7 Å². The number of anilines is 1. The van der Waals surface area contributed by atoms with Crippen molar-refractivity contribution >= 4 is 28.4 Å². The van der Waals surface area contributed by atoms with Crippen LogP contribution in [0.25, 0.3) is 11.3 Å². The van der Waals surface area contributed by atoms with Crippen molar-refractivity contribution in [2.75, 3.05) is 5.32 Å². The lowest BCUT2D eigenvalue weighted by Gasteiger charge is -2.15. The lowest BCUT2D eigenvalue weighted by Crippen LogP contribution is -2.05. The third-order valence-electron chi connectivity index (χ3n) is 3.48. The highest BCUT2D eigenvalue weighted by Gasteiger charge is 2.10. The van der Waals surface area contributed by atoms with Crippen LogP contribution in [0.15, 0.2) is 41.1 Å². The van der Waals surface area contributed by atoms with Crippen molar-refractivity contribution in [2.24, 2.45) is 0 Å². The molecule has 108 valence electrons. The van der Waals surface area contributed by atoms with E-state index in [0.717, 1.165) is 16.4 Å².